The predicted molar refractivity (Wildman–Crippen MR) is 88.8 cm³/mol. The van der Waals surface area contributed by atoms with Gasteiger partial charge in [-0.25, -0.2) is 0 Å². The van der Waals surface area contributed by atoms with Crippen molar-refractivity contribution in [2.24, 2.45) is 7.05 Å². The van der Waals surface area contributed by atoms with Crippen LogP contribution < -0.4 is 0 Å². The van der Waals surface area contributed by atoms with Crippen LogP contribution in [0.15, 0.2) is 42.6 Å². The van der Waals surface area contributed by atoms with Gasteiger partial charge in [0.05, 0.1) is 0 Å². The summed E-state index contributed by atoms with van der Waals surface area (Å²) in [6.07, 6.45) is 4.29. The fourth-order valence-electron chi connectivity index (χ4n) is 3.62. The summed E-state index contributed by atoms with van der Waals surface area (Å²) >= 11 is 0. The number of piperidine rings is 1. The zero-order valence-electron chi connectivity index (χ0n) is 13.0. The maximum absolute atomic E-state index is 4.08. The SMILES string of the molecule is Cn1c(CN2CCC(c3ccn[nH]3)CC2)cc2ccccc21. The molecule has 4 nitrogen and oxygen atoms in total. The second-order valence-electron chi connectivity index (χ2n) is 6.32. The number of para-hydroxylation sites is 1. The Labute approximate surface area is 130 Å². The molecule has 4 rings (SSSR count). The van der Waals surface area contributed by atoms with Gasteiger partial charge in [-0.15, -0.1) is 0 Å². The Kier molecular flexibility index (Phi) is 3.47. The molecule has 0 saturated carbocycles. The van der Waals surface area contributed by atoms with E-state index in [2.05, 4.69) is 63.1 Å². The molecule has 1 aromatic carbocycles. The van der Waals surface area contributed by atoms with E-state index in [0.29, 0.717) is 5.92 Å². The van der Waals surface area contributed by atoms with Gasteiger partial charge < -0.3 is 4.57 Å². The van der Waals surface area contributed by atoms with Crippen LogP contribution in [0.2, 0.25) is 0 Å². The number of hydrogen-bond donors (Lipinski definition) is 1. The number of aromatic nitrogens is 3. The molecule has 0 unspecified atom stereocenters. The minimum Gasteiger partial charge on any atom is -0.346 e. The number of aromatic amines is 1. The Bertz CT molecular complexity index is 749. The Morgan fingerprint density at radius 3 is 2.73 bits per heavy atom. The van der Waals surface area contributed by atoms with Crippen LogP contribution in [-0.2, 0) is 13.6 Å². The lowest BCUT2D eigenvalue weighted by Crippen LogP contribution is -2.33. The van der Waals surface area contributed by atoms with Gasteiger partial charge in [0.25, 0.3) is 0 Å². The van der Waals surface area contributed by atoms with Gasteiger partial charge >= 0.3 is 0 Å². The first kappa shape index (κ1) is 13.6. The number of aryl methyl sites for hydroxylation is 1. The van der Waals surface area contributed by atoms with Gasteiger partial charge in [0, 0.05) is 42.6 Å². The van der Waals surface area contributed by atoms with Crippen molar-refractivity contribution in [3.63, 3.8) is 0 Å². The number of nitrogens with zero attached hydrogens (tertiary/aromatic N) is 3. The first-order chi connectivity index (χ1) is 10.8. The standard InChI is InChI=1S/C18H22N4/c1-21-16(12-15-4-2-3-5-18(15)21)13-22-10-7-14(8-11-22)17-6-9-19-20-17/h2-6,9,12,14H,7-8,10-11,13H2,1H3,(H,19,20). The molecule has 4 heteroatoms. The van der Waals surface area contributed by atoms with Crippen molar-refractivity contribution in [3.8, 4) is 0 Å². The second-order valence-corrected chi connectivity index (χ2v) is 6.32. The topological polar surface area (TPSA) is 36.9 Å². The van der Waals surface area contributed by atoms with E-state index in [4.69, 9.17) is 0 Å². The minimum absolute atomic E-state index is 0.645. The highest BCUT2D eigenvalue weighted by molar-refractivity contribution is 5.81. The van der Waals surface area contributed by atoms with E-state index in [1.165, 1.54) is 35.1 Å². The lowest BCUT2D eigenvalue weighted by atomic mass is 9.93. The second kappa shape index (κ2) is 5.61. The van der Waals surface area contributed by atoms with E-state index < -0.39 is 0 Å². The Morgan fingerprint density at radius 2 is 2.00 bits per heavy atom. The average molecular weight is 294 g/mol. The minimum atomic E-state index is 0.645. The summed E-state index contributed by atoms with van der Waals surface area (Å²) in [6, 6.07) is 13.1. The van der Waals surface area contributed by atoms with Gasteiger partial charge in [0.1, 0.15) is 0 Å². The van der Waals surface area contributed by atoms with Crippen molar-refractivity contribution < 1.29 is 0 Å². The Balaban J connectivity index is 1.45. The fourth-order valence-corrected chi connectivity index (χ4v) is 3.62. The molecule has 0 amide bonds. The van der Waals surface area contributed by atoms with Gasteiger partial charge in [-0.3, -0.25) is 10.00 Å². The van der Waals surface area contributed by atoms with Crippen LogP contribution in [0.4, 0.5) is 0 Å². The summed E-state index contributed by atoms with van der Waals surface area (Å²) in [5, 5.41) is 8.54. The molecule has 2 aromatic heterocycles. The van der Waals surface area contributed by atoms with Gasteiger partial charge in [-0.2, -0.15) is 5.10 Å². The summed E-state index contributed by atoms with van der Waals surface area (Å²) in [6.45, 7) is 3.36. The molecule has 1 aliphatic heterocycles. The van der Waals surface area contributed by atoms with E-state index in [0.717, 1.165) is 19.6 Å². The summed E-state index contributed by atoms with van der Waals surface area (Å²) in [4.78, 5) is 2.57. The Hall–Kier alpha value is -2.07. The molecule has 114 valence electrons. The average Bonchev–Trinajstić information content (AvgIpc) is 3.18. The maximum Gasteiger partial charge on any atom is 0.0490 e. The van der Waals surface area contributed by atoms with Crippen LogP contribution in [0.25, 0.3) is 10.9 Å². The molecule has 1 saturated heterocycles. The number of nitrogens with one attached hydrogen (secondary N) is 1. The smallest absolute Gasteiger partial charge is 0.0490 e. The van der Waals surface area contributed by atoms with E-state index in [9.17, 15) is 0 Å². The van der Waals surface area contributed by atoms with E-state index >= 15 is 0 Å². The molecule has 1 aliphatic rings. The maximum atomic E-state index is 4.08. The normalized spacial score (nSPS) is 17.3. The van der Waals surface area contributed by atoms with Crippen molar-refractivity contribution in [3.05, 3.63) is 54.0 Å². The van der Waals surface area contributed by atoms with Crippen LogP contribution in [0.1, 0.15) is 30.1 Å². The largest absolute Gasteiger partial charge is 0.346 e. The lowest BCUT2D eigenvalue weighted by molar-refractivity contribution is 0.200. The van der Waals surface area contributed by atoms with E-state index in [1.807, 2.05) is 6.20 Å². The molecule has 0 atom stereocenters. The highest BCUT2D eigenvalue weighted by Crippen LogP contribution is 2.28. The van der Waals surface area contributed by atoms with Gasteiger partial charge in [-0.1, -0.05) is 18.2 Å². The molecule has 3 heterocycles. The quantitative estimate of drug-likeness (QED) is 0.805. The first-order valence-electron chi connectivity index (χ1n) is 8.06. The monoisotopic (exact) mass is 294 g/mol. The third-order valence-corrected chi connectivity index (χ3v) is 4.99. The van der Waals surface area contributed by atoms with Crippen molar-refractivity contribution in [2.75, 3.05) is 13.1 Å². The number of fused-ring (bicyclic) bond motifs is 1. The lowest BCUT2D eigenvalue weighted by Gasteiger charge is -2.31. The summed E-state index contributed by atoms with van der Waals surface area (Å²) < 4.78 is 2.33. The molecule has 1 N–H and O–H groups in total. The number of benzene rings is 1. The molecule has 0 radical (unpaired) electrons. The molecule has 3 aromatic rings. The number of H-pyrrole nitrogens is 1. The molecule has 0 spiro atoms. The number of hydrogen-bond acceptors (Lipinski definition) is 2. The molecule has 22 heavy (non-hydrogen) atoms. The molecule has 0 bridgehead atoms. The number of likely N-dealkylation sites (tertiary alicyclic amines) is 1. The van der Waals surface area contributed by atoms with Gasteiger partial charge in [0.15, 0.2) is 0 Å². The molecular formula is C18H22N4. The third-order valence-electron chi connectivity index (χ3n) is 4.99. The fraction of sp³-hybridized carbons (Fsp3) is 0.389. The van der Waals surface area contributed by atoms with Gasteiger partial charge in [0.2, 0.25) is 0 Å². The summed E-state index contributed by atoms with van der Waals surface area (Å²) in [7, 11) is 2.18. The number of rotatable bonds is 3. The van der Waals surface area contributed by atoms with Crippen LogP contribution in [0, 0.1) is 0 Å². The van der Waals surface area contributed by atoms with Crippen molar-refractivity contribution in [1.29, 1.82) is 0 Å². The predicted octanol–water partition coefficient (Wildman–Crippen LogP) is 3.28. The molecular weight excluding hydrogens is 272 g/mol. The van der Waals surface area contributed by atoms with E-state index in [1.54, 1.807) is 0 Å². The zero-order chi connectivity index (χ0) is 14.9. The highest BCUT2D eigenvalue weighted by atomic mass is 15.2. The Morgan fingerprint density at radius 1 is 1.18 bits per heavy atom. The van der Waals surface area contributed by atoms with Crippen LogP contribution >= 0.6 is 0 Å². The zero-order valence-corrected chi connectivity index (χ0v) is 13.0. The summed E-state index contributed by atoms with van der Waals surface area (Å²) in [5.41, 5.74) is 4.02. The van der Waals surface area contributed by atoms with Crippen LogP contribution in [0.3, 0.4) is 0 Å². The third kappa shape index (κ3) is 2.44. The molecule has 1 fully saturated rings. The van der Waals surface area contributed by atoms with Crippen molar-refractivity contribution in [1.82, 2.24) is 19.7 Å². The summed E-state index contributed by atoms with van der Waals surface area (Å²) in [5.74, 6) is 0.645. The molecule has 0 aliphatic carbocycles. The van der Waals surface area contributed by atoms with Gasteiger partial charge in [-0.05, 0) is 49.5 Å². The van der Waals surface area contributed by atoms with Crippen LogP contribution in [0.5, 0.6) is 0 Å². The van der Waals surface area contributed by atoms with Crippen molar-refractivity contribution >= 4 is 10.9 Å². The van der Waals surface area contributed by atoms with E-state index in [-0.39, 0.29) is 0 Å². The highest BCUT2D eigenvalue weighted by Gasteiger charge is 2.22. The first-order valence-corrected chi connectivity index (χ1v) is 8.06. The van der Waals surface area contributed by atoms with Crippen molar-refractivity contribution in [2.45, 2.75) is 25.3 Å². The van der Waals surface area contributed by atoms with Crippen LogP contribution in [-0.4, -0.2) is 32.8 Å².